The molecule has 5 rings (SSSR count). The highest BCUT2D eigenvalue weighted by molar-refractivity contribution is 6.00. The molecule has 2 aliphatic heterocycles. The lowest BCUT2D eigenvalue weighted by molar-refractivity contribution is -0.133. The second kappa shape index (κ2) is 10.1. The first-order valence-electron chi connectivity index (χ1n) is 11.8. The van der Waals surface area contributed by atoms with Gasteiger partial charge < -0.3 is 24.8 Å². The number of pyridine rings is 1. The predicted octanol–water partition coefficient (Wildman–Crippen LogP) is 0.928. The largest absolute Gasteiger partial charge is 0.378 e. The number of carbonyl (C=O) groups is 2. The second-order valence-corrected chi connectivity index (χ2v) is 8.55. The lowest BCUT2D eigenvalue weighted by Crippen LogP contribution is -2.49. The first-order chi connectivity index (χ1) is 17.1. The molecule has 0 aliphatic carbocycles. The maximum Gasteiger partial charge on any atom is 0.281 e. The molecule has 0 spiro atoms. The smallest absolute Gasteiger partial charge is 0.281 e. The number of hydrogen-bond donors (Lipinski definition) is 1. The number of benzene rings is 1. The molecule has 0 saturated carbocycles. The van der Waals surface area contributed by atoms with Crippen LogP contribution in [-0.2, 0) is 9.53 Å². The van der Waals surface area contributed by atoms with Gasteiger partial charge in [0.1, 0.15) is 5.69 Å². The van der Waals surface area contributed by atoms with Crippen LogP contribution in [-0.4, -0.2) is 90.0 Å². The van der Waals surface area contributed by atoms with Crippen LogP contribution in [0, 0.1) is 0 Å². The maximum atomic E-state index is 13.3. The number of carbonyl (C=O) groups excluding carboxylic acids is 2. The molecule has 0 bridgehead atoms. The van der Waals surface area contributed by atoms with Gasteiger partial charge in [-0.2, -0.15) is 0 Å². The van der Waals surface area contributed by atoms with E-state index < -0.39 is 0 Å². The zero-order chi connectivity index (χ0) is 24.2. The van der Waals surface area contributed by atoms with Crippen molar-refractivity contribution < 1.29 is 14.3 Å². The molecule has 182 valence electrons. The third-order valence-electron chi connectivity index (χ3n) is 6.44. The molecule has 2 fully saturated rings. The Morgan fingerprint density at radius 3 is 2.40 bits per heavy atom. The number of hydrogen-bond acceptors (Lipinski definition) is 7. The van der Waals surface area contributed by atoms with E-state index in [1.807, 2.05) is 18.2 Å². The van der Waals surface area contributed by atoms with E-state index in [4.69, 9.17) is 4.74 Å². The minimum Gasteiger partial charge on any atom is -0.378 e. The van der Waals surface area contributed by atoms with Crippen molar-refractivity contribution in [2.45, 2.75) is 0 Å². The van der Waals surface area contributed by atoms with Crippen molar-refractivity contribution in [1.29, 1.82) is 0 Å². The molecule has 10 heteroatoms. The van der Waals surface area contributed by atoms with Crippen LogP contribution < -0.4 is 15.8 Å². The summed E-state index contributed by atoms with van der Waals surface area (Å²) in [6, 6.07) is 13.5. The van der Waals surface area contributed by atoms with Crippen LogP contribution >= 0.6 is 0 Å². The van der Waals surface area contributed by atoms with Crippen molar-refractivity contribution in [3.05, 3.63) is 70.8 Å². The fourth-order valence-corrected chi connectivity index (χ4v) is 4.47. The summed E-state index contributed by atoms with van der Waals surface area (Å²) in [7, 11) is 0. The molecule has 2 aliphatic rings. The van der Waals surface area contributed by atoms with Crippen LogP contribution in [0.15, 0.2) is 59.7 Å². The molecule has 10 nitrogen and oxygen atoms in total. The van der Waals surface area contributed by atoms with E-state index in [0.29, 0.717) is 50.6 Å². The first kappa shape index (κ1) is 22.9. The highest BCUT2D eigenvalue weighted by atomic mass is 16.5. The Labute approximate surface area is 202 Å². The summed E-state index contributed by atoms with van der Waals surface area (Å²) >= 11 is 0. The summed E-state index contributed by atoms with van der Waals surface area (Å²) < 4.78 is 6.62. The summed E-state index contributed by atoms with van der Waals surface area (Å²) in [5, 5.41) is 2.91. The van der Waals surface area contributed by atoms with Gasteiger partial charge in [-0.1, -0.05) is 18.2 Å². The molecule has 1 N–H and O–H groups in total. The van der Waals surface area contributed by atoms with Gasteiger partial charge in [0.2, 0.25) is 5.91 Å². The van der Waals surface area contributed by atoms with Gasteiger partial charge in [-0.05, 0) is 24.3 Å². The van der Waals surface area contributed by atoms with Crippen molar-refractivity contribution in [2.24, 2.45) is 0 Å². The van der Waals surface area contributed by atoms with Gasteiger partial charge in [0, 0.05) is 51.2 Å². The lowest BCUT2D eigenvalue weighted by Gasteiger charge is -2.36. The Balaban J connectivity index is 1.28. The molecule has 3 aromatic rings. The molecule has 0 unspecified atom stereocenters. The van der Waals surface area contributed by atoms with E-state index in [0.717, 1.165) is 18.8 Å². The highest BCUT2D eigenvalue weighted by Crippen LogP contribution is 2.18. The number of nitrogens with zero attached hydrogens (tertiary/aromatic N) is 5. The molecule has 0 atom stereocenters. The van der Waals surface area contributed by atoms with Crippen molar-refractivity contribution in [3.8, 4) is 0 Å². The van der Waals surface area contributed by atoms with Gasteiger partial charge in [0.15, 0.2) is 5.65 Å². The van der Waals surface area contributed by atoms with E-state index in [1.165, 1.54) is 10.6 Å². The number of fused-ring (bicyclic) bond motifs is 1. The minimum absolute atomic E-state index is 0.00665. The van der Waals surface area contributed by atoms with Crippen LogP contribution in [0.2, 0.25) is 0 Å². The average Bonchev–Trinajstić information content (AvgIpc) is 2.93. The van der Waals surface area contributed by atoms with Gasteiger partial charge in [-0.25, -0.2) is 4.98 Å². The van der Waals surface area contributed by atoms with Gasteiger partial charge in [0.05, 0.1) is 31.5 Å². The summed E-state index contributed by atoms with van der Waals surface area (Å²) in [4.78, 5) is 48.9. The van der Waals surface area contributed by atoms with Crippen LogP contribution in [0.4, 0.5) is 11.4 Å². The van der Waals surface area contributed by atoms with E-state index in [1.54, 1.807) is 28.1 Å². The molecular formula is C25H28N6O4. The molecule has 2 amide bonds. The standard InChI is InChI=1S/C25H28N6O4/c32-22(29-13-15-35-16-14-29)18-26-21-17-27-23-20(7-4-8-31(23)25(21)34)24(33)30-11-9-28(10-12-30)19-5-2-1-3-6-19/h1-8,17,26H,9-16,18H2. The Morgan fingerprint density at radius 1 is 0.914 bits per heavy atom. The van der Waals surface area contributed by atoms with E-state index >= 15 is 0 Å². The number of morpholine rings is 1. The maximum absolute atomic E-state index is 13.3. The average molecular weight is 477 g/mol. The van der Waals surface area contributed by atoms with Gasteiger partial charge in [-0.3, -0.25) is 18.8 Å². The number of anilines is 2. The molecule has 4 heterocycles. The van der Waals surface area contributed by atoms with E-state index in [-0.39, 0.29) is 29.6 Å². The molecular weight excluding hydrogens is 448 g/mol. The quantitative estimate of drug-likeness (QED) is 0.585. The third kappa shape index (κ3) is 4.83. The number of amides is 2. The van der Waals surface area contributed by atoms with Crippen molar-refractivity contribution in [3.63, 3.8) is 0 Å². The Bertz CT molecular complexity index is 1260. The fourth-order valence-electron chi connectivity index (χ4n) is 4.47. The number of piperazine rings is 1. The Morgan fingerprint density at radius 2 is 1.66 bits per heavy atom. The lowest BCUT2D eigenvalue weighted by atomic mass is 10.2. The molecule has 0 radical (unpaired) electrons. The highest BCUT2D eigenvalue weighted by Gasteiger charge is 2.25. The van der Waals surface area contributed by atoms with Crippen LogP contribution in [0.1, 0.15) is 10.4 Å². The summed E-state index contributed by atoms with van der Waals surface area (Å²) in [6.45, 7) is 4.76. The van der Waals surface area contributed by atoms with Crippen molar-refractivity contribution in [2.75, 3.05) is 69.2 Å². The van der Waals surface area contributed by atoms with Crippen molar-refractivity contribution >= 4 is 28.8 Å². The normalized spacial score (nSPS) is 16.4. The molecule has 1 aromatic carbocycles. The SMILES string of the molecule is O=C(CNc1cnc2c(C(=O)N3CCN(c4ccccc4)CC3)cccn2c1=O)N1CCOCC1. The topological polar surface area (TPSA) is 99.5 Å². The number of para-hydroxylation sites is 1. The van der Waals surface area contributed by atoms with Gasteiger partial charge in [-0.15, -0.1) is 0 Å². The van der Waals surface area contributed by atoms with E-state index in [2.05, 4.69) is 27.3 Å². The van der Waals surface area contributed by atoms with Crippen LogP contribution in [0.3, 0.4) is 0 Å². The zero-order valence-electron chi connectivity index (χ0n) is 19.4. The van der Waals surface area contributed by atoms with E-state index in [9.17, 15) is 14.4 Å². The van der Waals surface area contributed by atoms with Crippen molar-refractivity contribution in [1.82, 2.24) is 19.2 Å². The Kier molecular flexibility index (Phi) is 6.62. The molecule has 2 aromatic heterocycles. The molecule has 35 heavy (non-hydrogen) atoms. The predicted molar refractivity (Wildman–Crippen MR) is 132 cm³/mol. The van der Waals surface area contributed by atoms with Gasteiger partial charge in [0.25, 0.3) is 11.5 Å². The van der Waals surface area contributed by atoms with Crippen LogP contribution in [0.5, 0.6) is 0 Å². The molecule has 2 saturated heterocycles. The minimum atomic E-state index is -0.353. The van der Waals surface area contributed by atoms with Crippen LogP contribution in [0.25, 0.3) is 5.65 Å². The number of nitrogens with one attached hydrogen (secondary N) is 1. The van der Waals surface area contributed by atoms with Gasteiger partial charge >= 0.3 is 0 Å². The first-order valence-corrected chi connectivity index (χ1v) is 11.8. The third-order valence-corrected chi connectivity index (χ3v) is 6.44. The number of rotatable bonds is 5. The fraction of sp³-hybridized carbons (Fsp3) is 0.360. The summed E-state index contributed by atoms with van der Waals surface area (Å²) in [6.07, 6.45) is 2.98. The zero-order valence-corrected chi connectivity index (χ0v) is 19.4. The second-order valence-electron chi connectivity index (χ2n) is 8.55. The number of ether oxygens (including phenoxy) is 1. The monoisotopic (exact) mass is 476 g/mol. The summed E-state index contributed by atoms with van der Waals surface area (Å²) in [5.41, 5.74) is 1.69. The number of aromatic nitrogens is 2. The summed E-state index contributed by atoms with van der Waals surface area (Å²) in [5.74, 6) is -0.248. The Hall–Kier alpha value is -3.92.